The first-order valence-electron chi connectivity index (χ1n) is 8.98. The first-order chi connectivity index (χ1) is 13.6. The summed E-state index contributed by atoms with van der Waals surface area (Å²) in [6.07, 6.45) is 0.979. The largest absolute Gasteiger partial charge is 0.477 e. The maximum Gasteiger partial charge on any atom is 0.262 e. The van der Waals surface area contributed by atoms with Crippen LogP contribution in [0.2, 0.25) is 0 Å². The fourth-order valence-corrected chi connectivity index (χ4v) is 3.27. The summed E-state index contributed by atoms with van der Waals surface area (Å²) in [6.45, 7) is 2.12. The van der Waals surface area contributed by atoms with Crippen molar-refractivity contribution < 1.29 is 14.3 Å². The standard InChI is InChI=1S/C21H20N4O3/c1-14-11-12-23-25(14)16-9-7-15(8-10-16)21(27)24-13-19(20(26)22-2)28-18-6-4-3-5-17(18)24/h3-12,19H,13H2,1-2H3,(H,22,26)/t19-/m1/s1. The highest BCUT2D eigenvalue weighted by molar-refractivity contribution is 6.08. The number of benzene rings is 2. The van der Waals surface area contributed by atoms with Crippen LogP contribution in [-0.4, -0.2) is 41.3 Å². The van der Waals surface area contributed by atoms with Crippen molar-refractivity contribution >= 4 is 17.5 Å². The first-order valence-corrected chi connectivity index (χ1v) is 8.98. The molecule has 0 aliphatic carbocycles. The molecule has 4 rings (SSSR count). The number of aromatic nitrogens is 2. The molecule has 1 atom stereocenters. The second-order valence-corrected chi connectivity index (χ2v) is 6.54. The molecule has 1 N–H and O–H groups in total. The average molecular weight is 376 g/mol. The summed E-state index contributed by atoms with van der Waals surface area (Å²) in [5.74, 6) is 0.0599. The zero-order valence-electron chi connectivity index (χ0n) is 15.6. The molecule has 7 nitrogen and oxygen atoms in total. The lowest BCUT2D eigenvalue weighted by molar-refractivity contribution is -0.127. The van der Waals surface area contributed by atoms with Crippen molar-refractivity contribution in [3.8, 4) is 11.4 Å². The van der Waals surface area contributed by atoms with Gasteiger partial charge in [-0.15, -0.1) is 0 Å². The lowest BCUT2D eigenvalue weighted by Gasteiger charge is -2.34. The molecule has 0 saturated carbocycles. The summed E-state index contributed by atoms with van der Waals surface area (Å²) < 4.78 is 7.57. The van der Waals surface area contributed by atoms with Gasteiger partial charge in [0.15, 0.2) is 6.10 Å². The molecule has 1 aliphatic heterocycles. The number of anilines is 1. The summed E-state index contributed by atoms with van der Waals surface area (Å²) in [4.78, 5) is 26.9. The summed E-state index contributed by atoms with van der Waals surface area (Å²) in [5.41, 5.74) is 3.07. The Morgan fingerprint density at radius 1 is 1.11 bits per heavy atom. The van der Waals surface area contributed by atoms with Gasteiger partial charge < -0.3 is 15.0 Å². The highest BCUT2D eigenvalue weighted by Gasteiger charge is 2.33. The second kappa shape index (κ2) is 7.19. The van der Waals surface area contributed by atoms with Gasteiger partial charge in [-0.2, -0.15) is 5.10 Å². The van der Waals surface area contributed by atoms with Crippen LogP contribution < -0.4 is 15.0 Å². The fourth-order valence-electron chi connectivity index (χ4n) is 3.27. The zero-order valence-corrected chi connectivity index (χ0v) is 15.6. The Bertz CT molecular complexity index is 1030. The number of hydrogen-bond acceptors (Lipinski definition) is 4. The molecule has 2 amide bonds. The van der Waals surface area contributed by atoms with E-state index in [-0.39, 0.29) is 18.4 Å². The van der Waals surface area contributed by atoms with Crippen molar-refractivity contribution in [2.24, 2.45) is 0 Å². The molecule has 142 valence electrons. The number of likely N-dealkylation sites (N-methyl/N-ethyl adjacent to an activating group) is 1. The van der Waals surface area contributed by atoms with E-state index < -0.39 is 6.10 Å². The first kappa shape index (κ1) is 17.8. The number of carbonyl (C=O) groups is 2. The normalized spacial score (nSPS) is 15.5. The van der Waals surface area contributed by atoms with E-state index in [1.807, 2.05) is 43.3 Å². The van der Waals surface area contributed by atoms with Crippen LogP contribution in [0.3, 0.4) is 0 Å². The average Bonchev–Trinajstić information content (AvgIpc) is 3.17. The Kier molecular flexibility index (Phi) is 4.57. The van der Waals surface area contributed by atoms with Gasteiger partial charge in [0, 0.05) is 24.5 Å². The Balaban J connectivity index is 1.65. The van der Waals surface area contributed by atoms with E-state index in [4.69, 9.17) is 4.74 Å². The monoisotopic (exact) mass is 376 g/mol. The number of para-hydroxylation sites is 2. The number of ether oxygens (including phenoxy) is 1. The summed E-state index contributed by atoms with van der Waals surface area (Å²) in [6, 6.07) is 16.4. The number of hydrogen-bond donors (Lipinski definition) is 1. The second-order valence-electron chi connectivity index (χ2n) is 6.54. The van der Waals surface area contributed by atoms with Crippen molar-refractivity contribution in [3.05, 3.63) is 72.1 Å². The summed E-state index contributed by atoms with van der Waals surface area (Å²) in [7, 11) is 1.55. The molecule has 0 saturated heterocycles. The molecule has 1 aliphatic rings. The van der Waals surface area contributed by atoms with Crippen molar-refractivity contribution in [2.75, 3.05) is 18.5 Å². The van der Waals surface area contributed by atoms with E-state index in [1.165, 1.54) is 0 Å². The Morgan fingerprint density at radius 3 is 2.54 bits per heavy atom. The van der Waals surface area contributed by atoms with Gasteiger partial charge in [0.1, 0.15) is 5.75 Å². The molecular weight excluding hydrogens is 356 g/mol. The quantitative estimate of drug-likeness (QED) is 0.761. The van der Waals surface area contributed by atoms with Crippen molar-refractivity contribution in [1.82, 2.24) is 15.1 Å². The van der Waals surface area contributed by atoms with Crippen molar-refractivity contribution in [2.45, 2.75) is 13.0 Å². The van der Waals surface area contributed by atoms with Gasteiger partial charge in [0.2, 0.25) is 0 Å². The molecule has 0 spiro atoms. The molecule has 7 heteroatoms. The zero-order chi connectivity index (χ0) is 19.7. The van der Waals surface area contributed by atoms with Crippen LogP contribution in [0.15, 0.2) is 60.8 Å². The van der Waals surface area contributed by atoms with Gasteiger partial charge in [-0.1, -0.05) is 12.1 Å². The molecule has 28 heavy (non-hydrogen) atoms. The van der Waals surface area contributed by atoms with E-state index in [0.29, 0.717) is 17.0 Å². The third-order valence-corrected chi connectivity index (χ3v) is 4.75. The van der Waals surface area contributed by atoms with Gasteiger partial charge in [-0.25, -0.2) is 4.68 Å². The Morgan fingerprint density at radius 2 is 1.86 bits per heavy atom. The number of fused-ring (bicyclic) bond motifs is 1. The minimum absolute atomic E-state index is 0.148. The highest BCUT2D eigenvalue weighted by atomic mass is 16.5. The maximum absolute atomic E-state index is 13.2. The SMILES string of the molecule is CNC(=O)[C@H]1CN(C(=O)c2ccc(-n3nccc3C)cc2)c2ccccc2O1. The van der Waals surface area contributed by atoms with Gasteiger partial charge in [-0.05, 0) is 49.4 Å². The maximum atomic E-state index is 13.2. The fraction of sp³-hybridized carbons (Fsp3) is 0.190. The summed E-state index contributed by atoms with van der Waals surface area (Å²) in [5, 5.41) is 6.86. The highest BCUT2D eigenvalue weighted by Crippen LogP contribution is 2.34. The van der Waals surface area contributed by atoms with Crippen LogP contribution in [0.25, 0.3) is 5.69 Å². The smallest absolute Gasteiger partial charge is 0.262 e. The van der Waals surface area contributed by atoms with E-state index >= 15 is 0 Å². The topological polar surface area (TPSA) is 76.5 Å². The molecule has 0 unspecified atom stereocenters. The number of nitrogens with one attached hydrogen (secondary N) is 1. The van der Waals surface area contributed by atoms with Crippen LogP contribution in [0.5, 0.6) is 5.75 Å². The van der Waals surface area contributed by atoms with Crippen LogP contribution in [0.4, 0.5) is 5.69 Å². The predicted molar refractivity (Wildman–Crippen MR) is 105 cm³/mol. The molecular formula is C21H20N4O3. The van der Waals surface area contributed by atoms with Crippen LogP contribution >= 0.6 is 0 Å². The van der Waals surface area contributed by atoms with Gasteiger partial charge in [-0.3, -0.25) is 9.59 Å². The lowest BCUT2D eigenvalue weighted by atomic mass is 10.1. The number of rotatable bonds is 3. The molecule has 0 bridgehead atoms. The predicted octanol–water partition coefficient (Wildman–Crippen LogP) is 2.33. The van der Waals surface area contributed by atoms with Gasteiger partial charge >= 0.3 is 0 Å². The number of carbonyl (C=O) groups excluding carboxylic acids is 2. The molecule has 1 aromatic heterocycles. The Labute approximate surface area is 162 Å². The third kappa shape index (κ3) is 3.11. The van der Waals surface area contributed by atoms with Gasteiger partial charge in [0.05, 0.1) is 17.9 Å². The summed E-state index contributed by atoms with van der Waals surface area (Å²) >= 11 is 0. The minimum Gasteiger partial charge on any atom is -0.477 e. The molecule has 2 heterocycles. The Hall–Kier alpha value is -3.61. The minimum atomic E-state index is -0.755. The van der Waals surface area contributed by atoms with Crippen molar-refractivity contribution in [3.63, 3.8) is 0 Å². The molecule has 2 aromatic carbocycles. The number of nitrogens with zero attached hydrogens (tertiary/aromatic N) is 3. The van der Waals surface area contributed by atoms with Crippen LogP contribution in [0, 0.1) is 6.92 Å². The molecule has 3 aromatic rings. The third-order valence-electron chi connectivity index (χ3n) is 4.75. The van der Waals surface area contributed by atoms with Crippen LogP contribution in [-0.2, 0) is 4.79 Å². The van der Waals surface area contributed by atoms with Crippen molar-refractivity contribution in [1.29, 1.82) is 0 Å². The van der Waals surface area contributed by atoms with E-state index in [2.05, 4.69) is 10.4 Å². The molecule has 0 radical (unpaired) electrons. The van der Waals surface area contributed by atoms with E-state index in [9.17, 15) is 9.59 Å². The number of amides is 2. The van der Waals surface area contributed by atoms with Crippen LogP contribution in [0.1, 0.15) is 16.1 Å². The van der Waals surface area contributed by atoms with Gasteiger partial charge in [0.25, 0.3) is 11.8 Å². The number of aryl methyl sites for hydroxylation is 1. The van der Waals surface area contributed by atoms with E-state index in [0.717, 1.165) is 11.4 Å². The van der Waals surface area contributed by atoms with E-state index in [1.54, 1.807) is 41.0 Å². The lowest BCUT2D eigenvalue weighted by Crippen LogP contribution is -2.50. The molecule has 0 fully saturated rings.